The summed E-state index contributed by atoms with van der Waals surface area (Å²) in [6.07, 6.45) is 4.68. The van der Waals surface area contributed by atoms with Gasteiger partial charge in [0.1, 0.15) is 5.82 Å². The molecule has 0 aliphatic heterocycles. The fraction of sp³-hybridized carbons (Fsp3) is 0.353. The topological polar surface area (TPSA) is 86.5 Å². The number of nitrogens with zero attached hydrogens (tertiary/aromatic N) is 2. The molecule has 0 saturated carbocycles. The normalized spacial score (nSPS) is 13.9. The van der Waals surface area contributed by atoms with Crippen LogP contribution in [0.5, 0.6) is 0 Å². The van der Waals surface area contributed by atoms with E-state index >= 15 is 0 Å². The van der Waals surface area contributed by atoms with Crippen molar-refractivity contribution < 1.29 is 0 Å². The third-order valence-electron chi connectivity index (χ3n) is 4.28. The second-order valence-electron chi connectivity index (χ2n) is 5.92. The van der Waals surface area contributed by atoms with Crippen molar-refractivity contribution >= 4 is 17.0 Å². The molecule has 1 aliphatic rings. The van der Waals surface area contributed by atoms with Crippen LogP contribution in [0.3, 0.4) is 0 Å². The van der Waals surface area contributed by atoms with Crippen LogP contribution in [0.25, 0.3) is 11.0 Å². The van der Waals surface area contributed by atoms with Gasteiger partial charge in [0.2, 0.25) is 5.95 Å². The molecule has 4 rings (SSSR count). The Morgan fingerprint density at radius 2 is 1.96 bits per heavy atom. The largest absolute Gasteiger partial charge is 0.355 e. The Morgan fingerprint density at radius 3 is 2.87 bits per heavy atom. The maximum atomic E-state index is 12.1. The van der Waals surface area contributed by atoms with Crippen LogP contribution in [0.15, 0.2) is 29.1 Å². The second kappa shape index (κ2) is 5.87. The molecule has 0 bridgehead atoms. The van der Waals surface area contributed by atoms with Gasteiger partial charge in [-0.05, 0) is 37.8 Å². The van der Waals surface area contributed by atoms with Gasteiger partial charge in [0.05, 0.1) is 16.7 Å². The average Bonchev–Trinajstić information content (AvgIpc) is 2.98. The van der Waals surface area contributed by atoms with Crippen molar-refractivity contribution in [3.05, 3.63) is 51.7 Å². The Hall–Kier alpha value is -2.63. The van der Waals surface area contributed by atoms with Crippen molar-refractivity contribution in [2.75, 3.05) is 11.9 Å². The molecular formula is C17H19N5O. The summed E-state index contributed by atoms with van der Waals surface area (Å²) in [4.78, 5) is 27.3. The van der Waals surface area contributed by atoms with Crippen LogP contribution in [0.4, 0.5) is 5.95 Å². The van der Waals surface area contributed by atoms with Crippen LogP contribution in [0.1, 0.15) is 29.9 Å². The van der Waals surface area contributed by atoms with E-state index in [4.69, 9.17) is 0 Å². The van der Waals surface area contributed by atoms with Gasteiger partial charge in [0, 0.05) is 18.5 Å². The van der Waals surface area contributed by atoms with Crippen molar-refractivity contribution in [1.82, 2.24) is 19.9 Å². The van der Waals surface area contributed by atoms with Gasteiger partial charge >= 0.3 is 0 Å². The summed E-state index contributed by atoms with van der Waals surface area (Å²) in [6.45, 7) is 0.668. The fourth-order valence-electron chi connectivity index (χ4n) is 3.11. The molecule has 118 valence electrons. The molecule has 0 atom stereocenters. The fourth-order valence-corrected chi connectivity index (χ4v) is 3.11. The van der Waals surface area contributed by atoms with E-state index in [2.05, 4.69) is 25.3 Å². The molecule has 0 spiro atoms. The number of rotatable bonds is 4. The number of benzene rings is 1. The van der Waals surface area contributed by atoms with Gasteiger partial charge in [-0.15, -0.1) is 0 Å². The molecule has 0 radical (unpaired) electrons. The van der Waals surface area contributed by atoms with E-state index in [1.54, 1.807) is 0 Å². The molecule has 0 unspecified atom stereocenters. The maximum Gasteiger partial charge on any atom is 0.255 e. The lowest BCUT2D eigenvalue weighted by Crippen LogP contribution is -2.23. The van der Waals surface area contributed by atoms with Gasteiger partial charge in [-0.3, -0.25) is 9.78 Å². The van der Waals surface area contributed by atoms with Crippen LogP contribution >= 0.6 is 0 Å². The first-order valence-corrected chi connectivity index (χ1v) is 8.09. The van der Waals surface area contributed by atoms with Crippen molar-refractivity contribution in [3.8, 4) is 0 Å². The third-order valence-corrected chi connectivity index (χ3v) is 4.28. The maximum absolute atomic E-state index is 12.1. The molecule has 23 heavy (non-hydrogen) atoms. The summed E-state index contributed by atoms with van der Waals surface area (Å²) in [7, 11) is 0. The Labute approximate surface area is 133 Å². The summed E-state index contributed by atoms with van der Waals surface area (Å²) in [5.41, 5.74) is 3.83. The summed E-state index contributed by atoms with van der Waals surface area (Å²) >= 11 is 0. The lowest BCUT2D eigenvalue weighted by Gasteiger charge is -2.14. The quantitative estimate of drug-likeness (QED) is 0.689. The van der Waals surface area contributed by atoms with E-state index in [-0.39, 0.29) is 5.56 Å². The molecule has 0 fully saturated rings. The predicted octanol–water partition coefficient (Wildman–Crippen LogP) is 2.18. The van der Waals surface area contributed by atoms with Crippen LogP contribution in [0.2, 0.25) is 0 Å². The molecule has 1 aliphatic carbocycles. The van der Waals surface area contributed by atoms with Crippen molar-refractivity contribution in [2.24, 2.45) is 0 Å². The molecule has 3 N–H and O–H groups in total. The number of hydrogen-bond donors (Lipinski definition) is 3. The molecule has 2 heterocycles. The van der Waals surface area contributed by atoms with E-state index in [1.165, 1.54) is 0 Å². The minimum absolute atomic E-state index is 0.000868. The Kier molecular flexibility index (Phi) is 3.57. The number of para-hydroxylation sites is 2. The van der Waals surface area contributed by atoms with Crippen LogP contribution in [-0.4, -0.2) is 26.5 Å². The number of anilines is 1. The van der Waals surface area contributed by atoms with E-state index in [1.807, 2.05) is 24.3 Å². The van der Waals surface area contributed by atoms with Crippen molar-refractivity contribution in [1.29, 1.82) is 0 Å². The van der Waals surface area contributed by atoms with Crippen molar-refractivity contribution in [2.45, 2.75) is 32.1 Å². The first-order chi connectivity index (χ1) is 11.3. The first-order valence-electron chi connectivity index (χ1n) is 8.09. The number of aryl methyl sites for hydroxylation is 1. The van der Waals surface area contributed by atoms with E-state index in [0.29, 0.717) is 12.5 Å². The Bertz CT molecular complexity index is 862. The SMILES string of the molecule is O=c1[nH]c(NCCc2nc3ccccc3[nH]2)nc2c1CCCC2. The van der Waals surface area contributed by atoms with Gasteiger partial charge in [-0.25, -0.2) is 9.97 Å². The summed E-state index contributed by atoms with van der Waals surface area (Å²) < 4.78 is 0. The molecule has 6 nitrogen and oxygen atoms in total. The van der Waals surface area contributed by atoms with Gasteiger partial charge in [-0.1, -0.05) is 12.1 Å². The van der Waals surface area contributed by atoms with E-state index in [0.717, 1.165) is 60.2 Å². The number of nitrogens with one attached hydrogen (secondary N) is 3. The summed E-state index contributed by atoms with van der Waals surface area (Å²) in [5.74, 6) is 1.49. The number of imidazole rings is 1. The highest BCUT2D eigenvalue weighted by atomic mass is 16.1. The van der Waals surface area contributed by atoms with Gasteiger partial charge < -0.3 is 10.3 Å². The zero-order chi connectivity index (χ0) is 15.6. The number of fused-ring (bicyclic) bond motifs is 2. The molecule has 0 saturated heterocycles. The predicted molar refractivity (Wildman–Crippen MR) is 89.8 cm³/mol. The Morgan fingerprint density at radius 1 is 1.09 bits per heavy atom. The number of H-pyrrole nitrogens is 2. The molecule has 1 aromatic carbocycles. The molecule has 3 aromatic rings. The molecule has 2 aromatic heterocycles. The first kappa shape index (κ1) is 14.0. The van der Waals surface area contributed by atoms with Gasteiger partial charge in [0.25, 0.3) is 5.56 Å². The minimum atomic E-state index is 0.000868. The minimum Gasteiger partial charge on any atom is -0.355 e. The molecule has 6 heteroatoms. The second-order valence-corrected chi connectivity index (χ2v) is 5.92. The van der Waals surface area contributed by atoms with Crippen LogP contribution in [-0.2, 0) is 19.3 Å². The average molecular weight is 309 g/mol. The lowest BCUT2D eigenvalue weighted by molar-refractivity contribution is 0.657. The summed E-state index contributed by atoms with van der Waals surface area (Å²) in [6, 6.07) is 7.98. The Balaban J connectivity index is 1.45. The zero-order valence-electron chi connectivity index (χ0n) is 12.9. The summed E-state index contributed by atoms with van der Waals surface area (Å²) in [5, 5.41) is 3.20. The zero-order valence-corrected chi connectivity index (χ0v) is 12.9. The van der Waals surface area contributed by atoms with Gasteiger partial charge in [0.15, 0.2) is 0 Å². The monoisotopic (exact) mass is 309 g/mol. The number of aromatic amines is 2. The van der Waals surface area contributed by atoms with E-state index < -0.39 is 0 Å². The van der Waals surface area contributed by atoms with Crippen LogP contribution in [0, 0.1) is 0 Å². The standard InChI is InChI=1S/C17H19N5O/c23-16-11-5-1-2-6-12(11)21-17(22-16)18-10-9-15-19-13-7-3-4-8-14(13)20-15/h3-4,7-8H,1-2,5-6,9-10H2,(H,19,20)(H2,18,21,22,23). The highest BCUT2D eigenvalue weighted by Gasteiger charge is 2.15. The molecular weight excluding hydrogens is 290 g/mol. The highest BCUT2D eigenvalue weighted by Crippen LogP contribution is 2.16. The van der Waals surface area contributed by atoms with Crippen molar-refractivity contribution in [3.63, 3.8) is 0 Å². The number of aromatic nitrogens is 4. The molecule has 0 amide bonds. The van der Waals surface area contributed by atoms with E-state index in [9.17, 15) is 4.79 Å². The highest BCUT2D eigenvalue weighted by molar-refractivity contribution is 5.74. The number of hydrogen-bond acceptors (Lipinski definition) is 4. The lowest BCUT2D eigenvalue weighted by atomic mass is 9.97. The smallest absolute Gasteiger partial charge is 0.255 e. The van der Waals surface area contributed by atoms with Crippen LogP contribution < -0.4 is 10.9 Å². The third kappa shape index (κ3) is 2.84. The van der Waals surface area contributed by atoms with Gasteiger partial charge in [-0.2, -0.15) is 0 Å².